The molecule has 0 aromatic rings. The van der Waals surface area contributed by atoms with Crippen LogP contribution in [0, 0.1) is 0 Å². The predicted molar refractivity (Wildman–Crippen MR) is 57.3 cm³/mol. The molecule has 1 aliphatic rings. The molecule has 2 amide bonds. The normalized spacial score (nSPS) is 21.7. The second kappa shape index (κ2) is 5.70. The Morgan fingerprint density at radius 1 is 1.53 bits per heavy atom. The molecule has 2 N–H and O–H groups in total. The van der Waals surface area contributed by atoms with Crippen LogP contribution in [-0.2, 0) is 9.59 Å². The van der Waals surface area contributed by atoms with E-state index in [9.17, 15) is 9.59 Å². The van der Waals surface area contributed by atoms with Gasteiger partial charge in [-0.15, -0.1) is 0 Å². The largest absolute Gasteiger partial charge is 0.355 e. The Morgan fingerprint density at radius 3 is 2.93 bits per heavy atom. The van der Waals surface area contributed by atoms with Gasteiger partial charge in [0.2, 0.25) is 11.8 Å². The minimum Gasteiger partial charge on any atom is -0.355 e. The lowest BCUT2D eigenvalue weighted by molar-refractivity contribution is -0.128. The molecule has 15 heavy (non-hydrogen) atoms. The smallest absolute Gasteiger partial charge is 0.237 e. The standard InChI is InChI=1S/C10H19N3O2/c1-13(2)9(14)7-12-8-5-3-4-6-11-10(8)15/h8,12H,3-7H2,1-2H3,(H,11,15). The van der Waals surface area contributed by atoms with Crippen LogP contribution in [0.25, 0.3) is 0 Å². The van der Waals surface area contributed by atoms with E-state index in [0.29, 0.717) is 0 Å². The Morgan fingerprint density at radius 2 is 2.27 bits per heavy atom. The van der Waals surface area contributed by atoms with E-state index in [0.717, 1.165) is 25.8 Å². The first-order chi connectivity index (χ1) is 7.11. The molecule has 1 heterocycles. The number of carbonyl (C=O) groups is 2. The van der Waals surface area contributed by atoms with Gasteiger partial charge >= 0.3 is 0 Å². The zero-order chi connectivity index (χ0) is 11.3. The SMILES string of the molecule is CN(C)C(=O)CNC1CCCCNC1=O. The van der Waals surface area contributed by atoms with Crippen molar-refractivity contribution in [3.63, 3.8) is 0 Å². The molecule has 1 fully saturated rings. The van der Waals surface area contributed by atoms with Crippen LogP contribution in [0.3, 0.4) is 0 Å². The van der Waals surface area contributed by atoms with Crippen molar-refractivity contribution in [3.05, 3.63) is 0 Å². The van der Waals surface area contributed by atoms with Crippen LogP contribution in [0.5, 0.6) is 0 Å². The molecule has 0 radical (unpaired) electrons. The fourth-order valence-corrected chi connectivity index (χ4v) is 1.50. The van der Waals surface area contributed by atoms with Crippen molar-refractivity contribution in [3.8, 4) is 0 Å². The van der Waals surface area contributed by atoms with E-state index in [4.69, 9.17) is 0 Å². The maximum atomic E-state index is 11.5. The lowest BCUT2D eigenvalue weighted by Crippen LogP contribution is -2.46. The number of hydrogen-bond acceptors (Lipinski definition) is 3. The third-order valence-electron chi connectivity index (χ3n) is 2.53. The lowest BCUT2D eigenvalue weighted by Gasteiger charge is -2.16. The Balaban J connectivity index is 2.35. The summed E-state index contributed by atoms with van der Waals surface area (Å²) in [6, 6.07) is -0.212. The molecule has 5 nitrogen and oxygen atoms in total. The summed E-state index contributed by atoms with van der Waals surface area (Å²) in [5.41, 5.74) is 0. The molecule has 5 heteroatoms. The van der Waals surface area contributed by atoms with Gasteiger partial charge in [0.25, 0.3) is 0 Å². The molecule has 0 bridgehead atoms. The van der Waals surface area contributed by atoms with Crippen LogP contribution in [0.4, 0.5) is 0 Å². The van der Waals surface area contributed by atoms with Crippen LogP contribution in [0.2, 0.25) is 0 Å². The average molecular weight is 213 g/mol. The number of likely N-dealkylation sites (N-methyl/N-ethyl adjacent to an activating group) is 1. The van der Waals surface area contributed by atoms with Crippen molar-refractivity contribution in [2.75, 3.05) is 27.2 Å². The first kappa shape index (κ1) is 12.0. The molecule has 1 atom stereocenters. The fraction of sp³-hybridized carbons (Fsp3) is 0.800. The molecule has 1 rings (SSSR count). The van der Waals surface area contributed by atoms with E-state index in [1.165, 1.54) is 4.90 Å². The number of rotatable bonds is 3. The van der Waals surface area contributed by atoms with Gasteiger partial charge in [0.15, 0.2) is 0 Å². The van der Waals surface area contributed by atoms with Crippen molar-refractivity contribution in [1.82, 2.24) is 15.5 Å². The van der Waals surface area contributed by atoms with E-state index in [1.807, 2.05) is 0 Å². The van der Waals surface area contributed by atoms with Crippen molar-refractivity contribution in [2.24, 2.45) is 0 Å². The number of carbonyl (C=O) groups excluding carboxylic acids is 2. The summed E-state index contributed by atoms with van der Waals surface area (Å²) in [7, 11) is 3.41. The fourth-order valence-electron chi connectivity index (χ4n) is 1.50. The molecule has 1 aliphatic heterocycles. The highest BCUT2D eigenvalue weighted by Crippen LogP contribution is 2.04. The van der Waals surface area contributed by atoms with Gasteiger partial charge in [0.05, 0.1) is 12.6 Å². The second-order valence-corrected chi connectivity index (χ2v) is 4.01. The van der Waals surface area contributed by atoms with Crippen molar-refractivity contribution < 1.29 is 9.59 Å². The highest BCUT2D eigenvalue weighted by molar-refractivity contribution is 5.83. The van der Waals surface area contributed by atoms with Crippen LogP contribution in [-0.4, -0.2) is 49.9 Å². The average Bonchev–Trinajstić information content (AvgIpc) is 2.39. The minimum absolute atomic E-state index is 0.00736. The first-order valence-corrected chi connectivity index (χ1v) is 5.32. The van der Waals surface area contributed by atoms with Crippen molar-refractivity contribution >= 4 is 11.8 Å². The summed E-state index contributed by atoms with van der Waals surface area (Å²) in [5.74, 6) is 0.00565. The molecule has 0 spiro atoms. The van der Waals surface area contributed by atoms with Gasteiger partial charge in [-0.05, 0) is 19.3 Å². The Bertz CT molecular complexity index is 241. The van der Waals surface area contributed by atoms with Gasteiger partial charge in [-0.1, -0.05) is 0 Å². The summed E-state index contributed by atoms with van der Waals surface area (Å²) in [5, 5.41) is 5.81. The van der Waals surface area contributed by atoms with Gasteiger partial charge in [-0.2, -0.15) is 0 Å². The minimum atomic E-state index is -0.212. The van der Waals surface area contributed by atoms with Gasteiger partial charge in [0, 0.05) is 20.6 Å². The van der Waals surface area contributed by atoms with Gasteiger partial charge in [-0.3, -0.25) is 14.9 Å². The van der Waals surface area contributed by atoms with Crippen molar-refractivity contribution in [1.29, 1.82) is 0 Å². The first-order valence-electron chi connectivity index (χ1n) is 5.32. The van der Waals surface area contributed by atoms with E-state index in [1.54, 1.807) is 14.1 Å². The third kappa shape index (κ3) is 3.87. The molecule has 0 aliphatic carbocycles. The summed E-state index contributed by atoms with van der Waals surface area (Å²) in [6.07, 6.45) is 2.85. The van der Waals surface area contributed by atoms with E-state index < -0.39 is 0 Å². The van der Waals surface area contributed by atoms with Gasteiger partial charge < -0.3 is 10.2 Å². The maximum Gasteiger partial charge on any atom is 0.237 e. The summed E-state index contributed by atoms with van der Waals surface area (Å²) in [6.45, 7) is 0.976. The maximum absolute atomic E-state index is 11.5. The monoisotopic (exact) mass is 213 g/mol. The number of nitrogens with zero attached hydrogens (tertiary/aromatic N) is 1. The van der Waals surface area contributed by atoms with Crippen LogP contribution < -0.4 is 10.6 Å². The third-order valence-corrected chi connectivity index (χ3v) is 2.53. The van der Waals surface area contributed by atoms with E-state index >= 15 is 0 Å². The highest BCUT2D eigenvalue weighted by Gasteiger charge is 2.20. The summed E-state index contributed by atoms with van der Waals surface area (Å²) >= 11 is 0. The molecule has 1 saturated heterocycles. The Kier molecular flexibility index (Phi) is 4.55. The summed E-state index contributed by atoms with van der Waals surface area (Å²) < 4.78 is 0. The van der Waals surface area contributed by atoms with Crippen LogP contribution >= 0.6 is 0 Å². The zero-order valence-electron chi connectivity index (χ0n) is 9.38. The highest BCUT2D eigenvalue weighted by atomic mass is 16.2. The number of hydrogen-bond donors (Lipinski definition) is 2. The Hall–Kier alpha value is -1.10. The summed E-state index contributed by atoms with van der Waals surface area (Å²) in [4.78, 5) is 24.3. The topological polar surface area (TPSA) is 61.4 Å². The molecule has 86 valence electrons. The Labute approximate surface area is 90.2 Å². The van der Waals surface area contributed by atoms with Gasteiger partial charge in [-0.25, -0.2) is 0 Å². The molecule has 0 aromatic carbocycles. The lowest BCUT2D eigenvalue weighted by atomic mass is 10.1. The van der Waals surface area contributed by atoms with E-state index in [2.05, 4.69) is 10.6 Å². The molecular formula is C10H19N3O2. The number of nitrogens with one attached hydrogen (secondary N) is 2. The molecule has 0 saturated carbocycles. The van der Waals surface area contributed by atoms with Crippen LogP contribution in [0.1, 0.15) is 19.3 Å². The molecule has 1 unspecified atom stereocenters. The van der Waals surface area contributed by atoms with Gasteiger partial charge in [0.1, 0.15) is 0 Å². The van der Waals surface area contributed by atoms with E-state index in [-0.39, 0.29) is 24.4 Å². The van der Waals surface area contributed by atoms with Crippen molar-refractivity contribution in [2.45, 2.75) is 25.3 Å². The zero-order valence-corrected chi connectivity index (χ0v) is 9.38. The predicted octanol–water partition coefficient (Wildman–Crippen LogP) is -0.667. The van der Waals surface area contributed by atoms with Crippen LogP contribution in [0.15, 0.2) is 0 Å². The molecule has 0 aromatic heterocycles. The second-order valence-electron chi connectivity index (χ2n) is 4.01. The number of amides is 2. The quantitative estimate of drug-likeness (QED) is 0.654. The molecular weight excluding hydrogens is 194 g/mol.